The number of benzene rings is 2. The Hall–Kier alpha value is -2.26. The van der Waals surface area contributed by atoms with Gasteiger partial charge in [-0.2, -0.15) is 26.7 Å². The summed E-state index contributed by atoms with van der Waals surface area (Å²) < 4.78 is 62.7. The highest BCUT2D eigenvalue weighted by atomic mass is 35.5. The Bertz CT molecular complexity index is 850. The van der Waals surface area contributed by atoms with Crippen LogP contribution in [0, 0.1) is 0 Å². The van der Waals surface area contributed by atoms with E-state index in [1.807, 2.05) is 13.8 Å². The molecule has 10 heteroatoms. The van der Waals surface area contributed by atoms with Crippen molar-refractivity contribution in [2.75, 3.05) is 0 Å². The molecule has 2 rings (SSSR count). The molecule has 0 aromatic heterocycles. The smallest absolute Gasteiger partial charge is 0.376 e. The molecule has 0 heterocycles. The fourth-order valence-electron chi connectivity index (χ4n) is 1.77. The summed E-state index contributed by atoms with van der Waals surface area (Å²) in [7, 11) is -5.72. The first kappa shape index (κ1) is 21.8. The van der Waals surface area contributed by atoms with Crippen LogP contribution in [0.5, 0.6) is 5.75 Å². The normalized spacial score (nSPS) is 12.2. The standard InChI is InChI=1S/C14H10ClF3N2O3S.C2H6/c15-11-5-1-9(2-6-11)13(20-19)10-3-7-12(8-4-10)23-24(21,22)14(16,17)18;1-2/h1-8H,19H2;1-2H3/b20-13-;. The fourth-order valence-corrected chi connectivity index (χ4v) is 2.35. The minimum atomic E-state index is -5.72. The molecule has 5 nitrogen and oxygen atoms in total. The van der Waals surface area contributed by atoms with Crippen molar-refractivity contribution in [3.8, 4) is 5.75 Å². The first-order valence-electron chi connectivity index (χ1n) is 7.29. The second kappa shape index (κ2) is 8.91. The first-order valence-corrected chi connectivity index (χ1v) is 9.07. The summed E-state index contributed by atoms with van der Waals surface area (Å²) in [5.41, 5.74) is -4.08. The Morgan fingerprint density at radius 3 is 1.81 bits per heavy atom. The molecule has 0 saturated heterocycles. The molecule has 0 unspecified atom stereocenters. The summed E-state index contributed by atoms with van der Waals surface area (Å²) in [6.07, 6.45) is 0. The molecule has 26 heavy (non-hydrogen) atoms. The van der Waals surface area contributed by atoms with Crippen molar-refractivity contribution < 1.29 is 25.8 Å². The van der Waals surface area contributed by atoms with Crippen molar-refractivity contribution in [3.63, 3.8) is 0 Å². The lowest BCUT2D eigenvalue weighted by molar-refractivity contribution is -0.0500. The minimum Gasteiger partial charge on any atom is -0.376 e. The van der Waals surface area contributed by atoms with Gasteiger partial charge >= 0.3 is 15.6 Å². The van der Waals surface area contributed by atoms with Gasteiger partial charge in [-0.1, -0.05) is 37.6 Å². The minimum absolute atomic E-state index is 0.344. The maximum absolute atomic E-state index is 12.3. The summed E-state index contributed by atoms with van der Waals surface area (Å²) in [5.74, 6) is 4.87. The van der Waals surface area contributed by atoms with Gasteiger partial charge in [0.25, 0.3) is 0 Å². The SMILES string of the molecule is CC.N/N=C(/c1ccc(Cl)cc1)c1ccc(OS(=O)(=O)C(F)(F)F)cc1. The van der Waals surface area contributed by atoms with E-state index in [0.29, 0.717) is 21.9 Å². The number of rotatable bonds is 4. The number of hydrogen-bond acceptors (Lipinski definition) is 5. The van der Waals surface area contributed by atoms with E-state index in [1.54, 1.807) is 24.3 Å². The summed E-state index contributed by atoms with van der Waals surface area (Å²) in [4.78, 5) is 0. The van der Waals surface area contributed by atoms with Gasteiger partial charge in [0.15, 0.2) is 0 Å². The molecule has 0 amide bonds. The Kier molecular flexibility index (Phi) is 7.46. The molecule has 2 N–H and O–H groups in total. The second-order valence-electron chi connectivity index (χ2n) is 4.49. The third kappa shape index (κ3) is 5.37. The van der Waals surface area contributed by atoms with Gasteiger partial charge in [0.2, 0.25) is 0 Å². The summed E-state index contributed by atoms with van der Waals surface area (Å²) in [5, 5.41) is 4.15. The number of nitrogens with two attached hydrogens (primary N) is 1. The van der Waals surface area contributed by atoms with Crippen LogP contribution < -0.4 is 10.0 Å². The Morgan fingerprint density at radius 1 is 1.00 bits per heavy atom. The van der Waals surface area contributed by atoms with Crippen molar-refractivity contribution in [2.45, 2.75) is 19.4 Å². The van der Waals surface area contributed by atoms with Crippen LogP contribution in [0.2, 0.25) is 5.02 Å². The number of hydrogen-bond donors (Lipinski definition) is 1. The second-order valence-corrected chi connectivity index (χ2v) is 6.47. The highest BCUT2D eigenvalue weighted by molar-refractivity contribution is 7.88. The molecular weight excluding hydrogens is 393 g/mol. The number of hydrazone groups is 1. The van der Waals surface area contributed by atoms with E-state index in [0.717, 1.165) is 12.1 Å². The van der Waals surface area contributed by atoms with Crippen molar-refractivity contribution in [1.82, 2.24) is 0 Å². The Morgan fingerprint density at radius 2 is 1.42 bits per heavy atom. The predicted octanol–water partition coefficient (Wildman–Crippen LogP) is 4.31. The third-order valence-corrected chi connectivity index (χ3v) is 4.09. The van der Waals surface area contributed by atoms with Crippen LogP contribution in [-0.4, -0.2) is 19.6 Å². The quantitative estimate of drug-likeness (QED) is 0.269. The molecular formula is C16H16ClF3N2O3S. The van der Waals surface area contributed by atoms with E-state index < -0.39 is 21.4 Å². The first-order chi connectivity index (χ1) is 12.1. The van der Waals surface area contributed by atoms with Gasteiger partial charge in [0.1, 0.15) is 5.75 Å². The summed E-state index contributed by atoms with van der Waals surface area (Å²) >= 11 is 5.79. The van der Waals surface area contributed by atoms with Gasteiger partial charge in [-0.25, -0.2) is 0 Å². The monoisotopic (exact) mass is 408 g/mol. The molecule has 0 aliphatic rings. The van der Waals surface area contributed by atoms with Crippen LogP contribution in [0.25, 0.3) is 0 Å². The average molecular weight is 409 g/mol. The van der Waals surface area contributed by atoms with Gasteiger partial charge in [0, 0.05) is 16.1 Å². The van der Waals surface area contributed by atoms with Gasteiger partial charge in [-0.3, -0.25) is 0 Å². The molecule has 142 valence electrons. The highest BCUT2D eigenvalue weighted by Gasteiger charge is 2.48. The highest BCUT2D eigenvalue weighted by Crippen LogP contribution is 2.27. The Labute approximate surface area is 154 Å². The van der Waals surface area contributed by atoms with Gasteiger partial charge in [-0.15, -0.1) is 0 Å². The lowest BCUT2D eigenvalue weighted by atomic mass is 10.0. The van der Waals surface area contributed by atoms with Crippen LogP contribution in [0.1, 0.15) is 25.0 Å². The van der Waals surface area contributed by atoms with Crippen molar-refractivity contribution in [1.29, 1.82) is 0 Å². The zero-order valence-corrected chi connectivity index (χ0v) is 15.4. The van der Waals surface area contributed by atoms with Crippen LogP contribution in [0.15, 0.2) is 53.6 Å². The predicted molar refractivity (Wildman–Crippen MR) is 94.7 cm³/mol. The van der Waals surface area contributed by atoms with Gasteiger partial charge in [-0.05, 0) is 36.4 Å². The molecule has 0 atom stereocenters. The van der Waals surface area contributed by atoms with E-state index in [4.69, 9.17) is 17.4 Å². The average Bonchev–Trinajstić information content (AvgIpc) is 2.59. The van der Waals surface area contributed by atoms with Crippen LogP contribution in [0.3, 0.4) is 0 Å². The van der Waals surface area contributed by atoms with Gasteiger partial charge in [0.05, 0.1) is 5.71 Å². The molecule has 0 bridgehead atoms. The van der Waals surface area contributed by atoms with Crippen molar-refractivity contribution in [2.24, 2.45) is 10.9 Å². The molecule has 2 aromatic rings. The van der Waals surface area contributed by atoms with Crippen LogP contribution in [0.4, 0.5) is 13.2 Å². The van der Waals surface area contributed by atoms with Crippen LogP contribution in [-0.2, 0) is 10.1 Å². The largest absolute Gasteiger partial charge is 0.534 e. The number of alkyl halides is 3. The lowest BCUT2D eigenvalue weighted by Gasteiger charge is -2.10. The summed E-state index contributed by atoms with van der Waals surface area (Å²) in [6, 6.07) is 11.4. The molecule has 2 aromatic carbocycles. The van der Waals surface area contributed by atoms with Crippen LogP contribution >= 0.6 is 11.6 Å². The molecule has 0 aliphatic carbocycles. The molecule has 0 aliphatic heterocycles. The van der Waals surface area contributed by atoms with E-state index >= 15 is 0 Å². The van der Waals surface area contributed by atoms with Crippen molar-refractivity contribution in [3.05, 3.63) is 64.7 Å². The number of nitrogens with zero attached hydrogens (tertiary/aromatic N) is 1. The van der Waals surface area contributed by atoms with Gasteiger partial charge < -0.3 is 10.0 Å². The zero-order valence-electron chi connectivity index (χ0n) is 13.8. The molecule has 0 spiro atoms. The number of halogens is 4. The fraction of sp³-hybridized carbons (Fsp3) is 0.188. The summed E-state index contributed by atoms with van der Waals surface area (Å²) in [6.45, 7) is 4.00. The van der Waals surface area contributed by atoms with Crippen molar-refractivity contribution >= 4 is 27.4 Å². The molecule has 0 fully saturated rings. The molecule has 0 saturated carbocycles. The zero-order chi connectivity index (χ0) is 20.0. The maximum atomic E-state index is 12.3. The molecule has 0 radical (unpaired) electrons. The third-order valence-electron chi connectivity index (χ3n) is 2.86. The Balaban J connectivity index is 0.00000163. The van der Waals surface area contributed by atoms with E-state index in [2.05, 4.69) is 9.28 Å². The lowest BCUT2D eigenvalue weighted by Crippen LogP contribution is -2.28. The maximum Gasteiger partial charge on any atom is 0.534 e. The topological polar surface area (TPSA) is 81.8 Å². The van der Waals surface area contributed by atoms with E-state index in [-0.39, 0.29) is 0 Å². The van der Waals surface area contributed by atoms with E-state index in [1.165, 1.54) is 12.1 Å². The van der Waals surface area contributed by atoms with E-state index in [9.17, 15) is 21.6 Å².